The predicted octanol–water partition coefficient (Wildman–Crippen LogP) is 2.05. The molecule has 1 aromatic heterocycles. The summed E-state index contributed by atoms with van der Waals surface area (Å²) in [6.45, 7) is 3.95. The fourth-order valence-corrected chi connectivity index (χ4v) is 3.34. The minimum atomic E-state index is 0.0763. The van der Waals surface area contributed by atoms with Gasteiger partial charge in [-0.05, 0) is 41.1 Å². The van der Waals surface area contributed by atoms with Gasteiger partial charge in [0.05, 0.1) is 24.2 Å². The van der Waals surface area contributed by atoms with Gasteiger partial charge in [-0.3, -0.25) is 4.79 Å². The second-order valence-electron chi connectivity index (χ2n) is 5.38. The average Bonchev–Trinajstić information content (AvgIpc) is 3.09. The van der Waals surface area contributed by atoms with E-state index in [2.05, 4.69) is 22.4 Å². The van der Waals surface area contributed by atoms with Crippen LogP contribution in [0.1, 0.15) is 13.3 Å². The number of tetrazole rings is 1. The Morgan fingerprint density at radius 3 is 2.96 bits per heavy atom. The van der Waals surface area contributed by atoms with Crippen LogP contribution < -0.4 is 0 Å². The smallest absolute Gasteiger partial charge is 0.233 e. The maximum atomic E-state index is 12.4. The maximum Gasteiger partial charge on any atom is 0.233 e. The normalized spacial score (nSPS) is 17.9. The molecule has 0 bridgehead atoms. The first-order valence-corrected chi connectivity index (χ1v) is 9.10. The Kier molecular flexibility index (Phi) is 5.70. The molecular weight excluding hydrogens is 350 g/mol. The highest BCUT2D eigenvalue weighted by atomic mass is 35.5. The molecule has 3 rings (SSSR count). The van der Waals surface area contributed by atoms with Crippen molar-refractivity contribution >= 4 is 29.3 Å². The standard InChI is InChI=1S/C15H18ClN5O2S/c1-2-13-9-20(7-8-23-13)14(22)10-24-15-17-18-19-21(15)12-5-3-11(16)4-6-12/h3-6,13H,2,7-10H2,1H3/t13-/m0/s1. The zero-order valence-electron chi connectivity index (χ0n) is 13.3. The van der Waals surface area contributed by atoms with Gasteiger partial charge in [0.1, 0.15) is 0 Å². The molecule has 2 aromatic rings. The third kappa shape index (κ3) is 4.06. The highest BCUT2D eigenvalue weighted by Gasteiger charge is 2.23. The molecule has 1 saturated heterocycles. The first kappa shape index (κ1) is 17.2. The van der Waals surface area contributed by atoms with E-state index in [9.17, 15) is 4.79 Å². The third-order valence-corrected chi connectivity index (χ3v) is 4.94. The number of morpholine rings is 1. The Labute approximate surface area is 149 Å². The SMILES string of the molecule is CC[C@H]1CN(C(=O)CSc2nnnn2-c2ccc(Cl)cc2)CCO1. The van der Waals surface area contributed by atoms with Gasteiger partial charge in [0, 0.05) is 18.1 Å². The lowest BCUT2D eigenvalue weighted by Crippen LogP contribution is -2.46. The minimum Gasteiger partial charge on any atom is -0.375 e. The predicted molar refractivity (Wildman–Crippen MR) is 91.5 cm³/mol. The summed E-state index contributed by atoms with van der Waals surface area (Å²) in [6, 6.07) is 7.21. The maximum absolute atomic E-state index is 12.4. The molecule has 0 saturated carbocycles. The monoisotopic (exact) mass is 367 g/mol. The summed E-state index contributed by atoms with van der Waals surface area (Å²) in [4.78, 5) is 14.2. The topological polar surface area (TPSA) is 73.1 Å². The molecule has 0 unspecified atom stereocenters. The average molecular weight is 368 g/mol. The molecule has 1 atom stereocenters. The molecule has 9 heteroatoms. The van der Waals surface area contributed by atoms with Crippen molar-refractivity contribution in [3.8, 4) is 5.69 Å². The zero-order valence-corrected chi connectivity index (χ0v) is 14.8. The van der Waals surface area contributed by atoms with Crippen molar-refractivity contribution in [2.45, 2.75) is 24.6 Å². The van der Waals surface area contributed by atoms with Crippen molar-refractivity contribution in [3.05, 3.63) is 29.3 Å². The molecule has 0 aliphatic carbocycles. The Hall–Kier alpha value is -1.64. The molecule has 0 radical (unpaired) electrons. The van der Waals surface area contributed by atoms with Gasteiger partial charge in [-0.1, -0.05) is 30.3 Å². The Balaban J connectivity index is 1.62. The molecule has 1 aromatic carbocycles. The highest BCUT2D eigenvalue weighted by Crippen LogP contribution is 2.20. The molecule has 24 heavy (non-hydrogen) atoms. The molecule has 1 aliphatic heterocycles. The molecule has 0 spiro atoms. The number of nitrogens with zero attached hydrogens (tertiary/aromatic N) is 5. The molecule has 1 fully saturated rings. The number of carbonyl (C=O) groups is 1. The van der Waals surface area contributed by atoms with Gasteiger partial charge in [-0.2, -0.15) is 4.68 Å². The van der Waals surface area contributed by atoms with Crippen LogP contribution in [0.4, 0.5) is 0 Å². The Morgan fingerprint density at radius 1 is 1.42 bits per heavy atom. The Morgan fingerprint density at radius 2 is 2.21 bits per heavy atom. The number of benzene rings is 1. The van der Waals surface area contributed by atoms with Crippen LogP contribution in [0.15, 0.2) is 29.4 Å². The quantitative estimate of drug-likeness (QED) is 0.753. The lowest BCUT2D eigenvalue weighted by atomic mass is 10.2. The number of ether oxygens (including phenoxy) is 1. The third-order valence-electron chi connectivity index (χ3n) is 3.78. The lowest BCUT2D eigenvalue weighted by molar-refractivity contribution is -0.135. The number of thioether (sulfide) groups is 1. The van der Waals surface area contributed by atoms with Gasteiger partial charge < -0.3 is 9.64 Å². The number of hydrogen-bond acceptors (Lipinski definition) is 6. The number of hydrogen-bond donors (Lipinski definition) is 0. The summed E-state index contributed by atoms with van der Waals surface area (Å²) < 4.78 is 7.20. The second kappa shape index (κ2) is 7.96. The number of aromatic nitrogens is 4. The van der Waals surface area contributed by atoms with E-state index in [-0.39, 0.29) is 12.0 Å². The molecule has 128 valence electrons. The summed E-state index contributed by atoms with van der Waals surface area (Å²) in [5.74, 6) is 0.372. The van der Waals surface area contributed by atoms with E-state index < -0.39 is 0 Å². The van der Waals surface area contributed by atoms with Crippen LogP contribution in [0.25, 0.3) is 5.69 Å². The zero-order chi connectivity index (χ0) is 16.9. The van der Waals surface area contributed by atoms with Crippen molar-refractivity contribution in [2.75, 3.05) is 25.4 Å². The molecule has 1 amide bonds. The lowest BCUT2D eigenvalue weighted by Gasteiger charge is -2.32. The van der Waals surface area contributed by atoms with Gasteiger partial charge in [-0.15, -0.1) is 5.10 Å². The van der Waals surface area contributed by atoms with Gasteiger partial charge in [0.25, 0.3) is 0 Å². The number of amides is 1. The highest BCUT2D eigenvalue weighted by molar-refractivity contribution is 7.99. The molecule has 0 N–H and O–H groups in total. The number of halogens is 1. The van der Waals surface area contributed by atoms with Crippen molar-refractivity contribution in [1.82, 2.24) is 25.1 Å². The van der Waals surface area contributed by atoms with Crippen molar-refractivity contribution in [3.63, 3.8) is 0 Å². The first-order valence-electron chi connectivity index (χ1n) is 7.74. The van der Waals surface area contributed by atoms with E-state index in [1.165, 1.54) is 11.8 Å². The number of rotatable bonds is 5. The van der Waals surface area contributed by atoms with Crippen LogP contribution in [0.2, 0.25) is 5.02 Å². The van der Waals surface area contributed by atoms with E-state index in [4.69, 9.17) is 16.3 Å². The molecule has 7 nitrogen and oxygen atoms in total. The summed E-state index contributed by atoms with van der Waals surface area (Å²) in [7, 11) is 0. The number of carbonyl (C=O) groups excluding carboxylic acids is 1. The van der Waals surface area contributed by atoms with Crippen LogP contribution in [0, 0.1) is 0 Å². The van der Waals surface area contributed by atoms with Crippen LogP contribution in [0.3, 0.4) is 0 Å². The fourth-order valence-electron chi connectivity index (χ4n) is 2.42. The van der Waals surface area contributed by atoms with Crippen molar-refractivity contribution in [1.29, 1.82) is 0 Å². The van der Waals surface area contributed by atoms with Crippen LogP contribution in [-0.2, 0) is 9.53 Å². The summed E-state index contributed by atoms with van der Waals surface area (Å²) in [6.07, 6.45) is 1.04. The van der Waals surface area contributed by atoms with E-state index in [1.807, 2.05) is 17.0 Å². The molecule has 1 aliphatic rings. The fraction of sp³-hybridized carbons (Fsp3) is 0.467. The van der Waals surface area contributed by atoms with Gasteiger partial charge in [0.2, 0.25) is 11.1 Å². The van der Waals surface area contributed by atoms with Gasteiger partial charge in [-0.25, -0.2) is 0 Å². The van der Waals surface area contributed by atoms with Crippen LogP contribution >= 0.6 is 23.4 Å². The van der Waals surface area contributed by atoms with Gasteiger partial charge >= 0.3 is 0 Å². The molecule has 2 heterocycles. The summed E-state index contributed by atoms with van der Waals surface area (Å²) >= 11 is 7.22. The Bertz CT molecular complexity index is 693. The first-order chi connectivity index (χ1) is 11.7. The van der Waals surface area contributed by atoms with E-state index in [0.29, 0.717) is 35.6 Å². The van der Waals surface area contributed by atoms with E-state index in [0.717, 1.165) is 12.1 Å². The van der Waals surface area contributed by atoms with Gasteiger partial charge in [0.15, 0.2) is 0 Å². The largest absolute Gasteiger partial charge is 0.375 e. The van der Waals surface area contributed by atoms with Crippen LogP contribution in [0.5, 0.6) is 0 Å². The second-order valence-corrected chi connectivity index (χ2v) is 6.76. The van der Waals surface area contributed by atoms with E-state index in [1.54, 1.807) is 16.8 Å². The van der Waals surface area contributed by atoms with Crippen molar-refractivity contribution < 1.29 is 9.53 Å². The minimum absolute atomic E-state index is 0.0763. The van der Waals surface area contributed by atoms with E-state index >= 15 is 0 Å². The summed E-state index contributed by atoms with van der Waals surface area (Å²) in [5.41, 5.74) is 0.803. The summed E-state index contributed by atoms with van der Waals surface area (Å²) in [5, 5.41) is 12.9. The molecular formula is C15H18ClN5O2S. The van der Waals surface area contributed by atoms with Crippen molar-refractivity contribution in [2.24, 2.45) is 0 Å². The van der Waals surface area contributed by atoms with Crippen LogP contribution in [-0.4, -0.2) is 62.6 Å².